The Kier molecular flexibility index (Phi) is 5.11. The SMILES string of the molecule is CC(=O)N1CCN(c2ccc(Nc3nc(N4CC[C@H](O)C4)c4cc[nH]c4n3)cc2)CC1. The van der Waals surface area contributed by atoms with Crippen molar-refractivity contribution in [3.63, 3.8) is 0 Å². The lowest BCUT2D eigenvalue weighted by atomic mass is 10.2. The van der Waals surface area contributed by atoms with E-state index >= 15 is 0 Å². The van der Waals surface area contributed by atoms with Gasteiger partial charge in [-0.05, 0) is 36.8 Å². The maximum atomic E-state index is 11.5. The zero-order chi connectivity index (χ0) is 21.4. The lowest BCUT2D eigenvalue weighted by molar-refractivity contribution is -0.129. The van der Waals surface area contributed by atoms with Gasteiger partial charge in [0.2, 0.25) is 11.9 Å². The zero-order valence-corrected chi connectivity index (χ0v) is 17.6. The van der Waals surface area contributed by atoms with E-state index < -0.39 is 0 Å². The van der Waals surface area contributed by atoms with Gasteiger partial charge in [-0.3, -0.25) is 4.79 Å². The molecule has 0 aliphatic carbocycles. The summed E-state index contributed by atoms with van der Waals surface area (Å²) in [6.07, 6.45) is 2.30. The highest BCUT2D eigenvalue weighted by Crippen LogP contribution is 2.29. The van der Waals surface area contributed by atoms with Crippen LogP contribution in [0.25, 0.3) is 11.0 Å². The molecule has 3 aromatic rings. The Morgan fingerprint density at radius 1 is 1.06 bits per heavy atom. The number of benzene rings is 1. The number of aromatic amines is 1. The normalized spacial score (nSPS) is 19.3. The smallest absolute Gasteiger partial charge is 0.231 e. The Balaban J connectivity index is 1.32. The lowest BCUT2D eigenvalue weighted by Crippen LogP contribution is -2.48. The largest absolute Gasteiger partial charge is 0.391 e. The van der Waals surface area contributed by atoms with Crippen LogP contribution in [0.15, 0.2) is 36.5 Å². The van der Waals surface area contributed by atoms with E-state index in [1.54, 1.807) is 6.92 Å². The number of anilines is 4. The van der Waals surface area contributed by atoms with E-state index in [1.807, 2.05) is 29.3 Å². The highest BCUT2D eigenvalue weighted by molar-refractivity contribution is 5.89. The van der Waals surface area contributed by atoms with Crippen molar-refractivity contribution < 1.29 is 9.90 Å². The van der Waals surface area contributed by atoms with E-state index in [-0.39, 0.29) is 12.0 Å². The van der Waals surface area contributed by atoms with Crippen LogP contribution in [0.3, 0.4) is 0 Å². The Bertz CT molecular complexity index is 1070. The fraction of sp³-hybridized carbons (Fsp3) is 0.409. The second-order valence-corrected chi connectivity index (χ2v) is 8.16. The third kappa shape index (κ3) is 4.00. The van der Waals surface area contributed by atoms with Gasteiger partial charge in [-0.2, -0.15) is 9.97 Å². The Hall–Kier alpha value is -3.33. The van der Waals surface area contributed by atoms with Crippen LogP contribution in [0.1, 0.15) is 13.3 Å². The number of hydrogen-bond acceptors (Lipinski definition) is 7. The molecule has 1 aromatic carbocycles. The summed E-state index contributed by atoms with van der Waals surface area (Å²) >= 11 is 0. The van der Waals surface area contributed by atoms with Gasteiger partial charge in [-0.15, -0.1) is 0 Å². The van der Waals surface area contributed by atoms with Crippen LogP contribution in [-0.4, -0.2) is 76.2 Å². The van der Waals surface area contributed by atoms with Crippen molar-refractivity contribution in [2.24, 2.45) is 0 Å². The van der Waals surface area contributed by atoms with Gasteiger partial charge in [0.1, 0.15) is 11.5 Å². The average molecular weight is 422 g/mol. The highest BCUT2D eigenvalue weighted by atomic mass is 16.3. The van der Waals surface area contributed by atoms with Crippen molar-refractivity contribution in [1.82, 2.24) is 19.9 Å². The van der Waals surface area contributed by atoms with Crippen LogP contribution < -0.4 is 15.1 Å². The number of carbonyl (C=O) groups excluding carboxylic acids is 1. The standard InChI is InChI=1S/C22H27N7O2/c1-15(30)27-10-12-28(13-11-27)17-4-2-16(3-5-17)24-22-25-20-19(6-8-23-20)21(26-22)29-9-7-18(31)14-29/h2-6,8,18,31H,7,9-14H2,1H3,(H2,23,24,25,26)/t18-/m0/s1. The molecule has 0 spiro atoms. The second kappa shape index (κ2) is 8.07. The number of aromatic nitrogens is 3. The third-order valence-electron chi connectivity index (χ3n) is 6.07. The summed E-state index contributed by atoms with van der Waals surface area (Å²) < 4.78 is 0. The van der Waals surface area contributed by atoms with Crippen molar-refractivity contribution in [2.75, 3.05) is 54.4 Å². The van der Waals surface area contributed by atoms with Gasteiger partial charge in [0.05, 0.1) is 11.5 Å². The molecule has 0 radical (unpaired) electrons. The molecule has 5 rings (SSSR count). The predicted octanol–water partition coefficient (Wildman–Crippen LogP) is 1.94. The number of aliphatic hydroxyl groups excluding tert-OH is 1. The van der Waals surface area contributed by atoms with E-state index in [9.17, 15) is 9.90 Å². The molecule has 0 unspecified atom stereocenters. The number of rotatable bonds is 4. The summed E-state index contributed by atoms with van der Waals surface area (Å²) in [5.41, 5.74) is 2.82. The molecule has 2 aliphatic heterocycles. The van der Waals surface area contributed by atoms with Crippen LogP contribution >= 0.6 is 0 Å². The first-order valence-corrected chi connectivity index (χ1v) is 10.7. The number of nitrogens with zero attached hydrogens (tertiary/aromatic N) is 5. The molecule has 4 heterocycles. The topological polar surface area (TPSA) is 101 Å². The molecular weight excluding hydrogens is 394 g/mol. The van der Waals surface area contributed by atoms with Gasteiger partial charge in [0.15, 0.2) is 0 Å². The summed E-state index contributed by atoms with van der Waals surface area (Å²) in [5, 5.41) is 14.2. The molecule has 162 valence electrons. The number of aliphatic hydroxyl groups is 1. The molecule has 2 aliphatic rings. The minimum atomic E-state index is -0.315. The van der Waals surface area contributed by atoms with Gasteiger partial charge in [0, 0.05) is 63.8 Å². The molecule has 1 amide bonds. The average Bonchev–Trinajstić information content (AvgIpc) is 3.43. The van der Waals surface area contributed by atoms with E-state index in [0.717, 1.165) is 67.4 Å². The van der Waals surface area contributed by atoms with E-state index in [1.165, 1.54) is 0 Å². The van der Waals surface area contributed by atoms with Gasteiger partial charge in [-0.25, -0.2) is 0 Å². The van der Waals surface area contributed by atoms with Crippen LogP contribution in [0.4, 0.5) is 23.1 Å². The maximum Gasteiger partial charge on any atom is 0.231 e. The quantitative estimate of drug-likeness (QED) is 0.592. The molecule has 2 aromatic heterocycles. The van der Waals surface area contributed by atoms with Crippen molar-refractivity contribution in [3.8, 4) is 0 Å². The molecule has 1 atom stereocenters. The van der Waals surface area contributed by atoms with Crippen LogP contribution in [-0.2, 0) is 4.79 Å². The number of carbonyl (C=O) groups is 1. The summed E-state index contributed by atoms with van der Waals surface area (Å²) in [6, 6.07) is 10.2. The molecule has 9 nitrogen and oxygen atoms in total. The monoisotopic (exact) mass is 421 g/mol. The number of amides is 1. The molecule has 2 saturated heterocycles. The van der Waals surface area contributed by atoms with E-state index in [2.05, 4.69) is 37.2 Å². The van der Waals surface area contributed by atoms with Crippen molar-refractivity contribution in [2.45, 2.75) is 19.4 Å². The van der Waals surface area contributed by atoms with Crippen molar-refractivity contribution in [1.29, 1.82) is 0 Å². The first kappa shape index (κ1) is 19.6. The highest BCUT2D eigenvalue weighted by Gasteiger charge is 2.24. The fourth-order valence-corrected chi connectivity index (χ4v) is 4.32. The Morgan fingerprint density at radius 2 is 1.84 bits per heavy atom. The van der Waals surface area contributed by atoms with Gasteiger partial charge in [-0.1, -0.05) is 0 Å². The van der Waals surface area contributed by atoms with Crippen molar-refractivity contribution in [3.05, 3.63) is 36.5 Å². The molecule has 31 heavy (non-hydrogen) atoms. The van der Waals surface area contributed by atoms with E-state index in [0.29, 0.717) is 12.5 Å². The Labute approximate surface area is 180 Å². The first-order valence-electron chi connectivity index (χ1n) is 10.7. The van der Waals surface area contributed by atoms with Crippen LogP contribution in [0.2, 0.25) is 0 Å². The summed E-state index contributed by atoms with van der Waals surface area (Å²) in [5.74, 6) is 1.50. The third-order valence-corrected chi connectivity index (χ3v) is 6.07. The molecule has 3 N–H and O–H groups in total. The number of hydrogen-bond donors (Lipinski definition) is 3. The van der Waals surface area contributed by atoms with Gasteiger partial charge >= 0.3 is 0 Å². The number of β-amino-alcohol motifs (C(OH)–C–C–N with tert-alkyl or cyclic N) is 1. The second-order valence-electron chi connectivity index (χ2n) is 8.16. The molecular formula is C22H27N7O2. The van der Waals surface area contributed by atoms with Crippen LogP contribution in [0.5, 0.6) is 0 Å². The molecule has 2 fully saturated rings. The number of H-pyrrole nitrogens is 1. The fourth-order valence-electron chi connectivity index (χ4n) is 4.32. The first-order chi connectivity index (χ1) is 15.1. The molecule has 0 saturated carbocycles. The molecule has 0 bridgehead atoms. The summed E-state index contributed by atoms with van der Waals surface area (Å²) in [4.78, 5) is 30.3. The predicted molar refractivity (Wildman–Crippen MR) is 121 cm³/mol. The number of piperazine rings is 1. The summed E-state index contributed by atoms with van der Waals surface area (Å²) in [6.45, 7) is 6.18. The van der Waals surface area contributed by atoms with Crippen molar-refractivity contribution >= 4 is 40.1 Å². The van der Waals surface area contributed by atoms with Gasteiger partial charge in [0.25, 0.3) is 0 Å². The van der Waals surface area contributed by atoms with Crippen LogP contribution in [0, 0.1) is 0 Å². The zero-order valence-electron chi connectivity index (χ0n) is 17.6. The molecule has 9 heteroatoms. The minimum absolute atomic E-state index is 0.140. The van der Waals surface area contributed by atoms with E-state index in [4.69, 9.17) is 4.98 Å². The maximum absolute atomic E-state index is 11.5. The lowest BCUT2D eigenvalue weighted by Gasteiger charge is -2.35. The summed E-state index contributed by atoms with van der Waals surface area (Å²) in [7, 11) is 0. The number of fused-ring (bicyclic) bond motifs is 1. The van der Waals surface area contributed by atoms with Gasteiger partial charge < -0.3 is 30.1 Å². The number of nitrogens with one attached hydrogen (secondary N) is 2. The Morgan fingerprint density at radius 3 is 2.52 bits per heavy atom. The minimum Gasteiger partial charge on any atom is -0.391 e.